The van der Waals surface area contributed by atoms with E-state index < -0.39 is 87.6 Å². The minimum Gasteiger partial charge on any atom is -0.408 e. The molecule has 4 saturated heterocycles. The number of hydrogen-bond donors (Lipinski definition) is 2. The minimum atomic E-state index is -2.41. The van der Waals surface area contributed by atoms with Crippen molar-refractivity contribution in [1.82, 2.24) is 0 Å². The maximum Gasteiger partial charge on any atom is 0.192 e. The van der Waals surface area contributed by atoms with Crippen LogP contribution in [0.15, 0.2) is 60.7 Å². The molecule has 284 valence electrons. The number of benzene rings is 2. The van der Waals surface area contributed by atoms with Gasteiger partial charge in [-0.2, -0.15) is 0 Å². The Morgan fingerprint density at radius 1 is 0.863 bits per heavy atom. The lowest BCUT2D eigenvalue weighted by molar-refractivity contribution is -0.386. The third kappa shape index (κ3) is 8.94. The number of aliphatic hydroxyl groups excluding tert-OH is 2. The Bertz CT molecular complexity index is 1420. The summed E-state index contributed by atoms with van der Waals surface area (Å²) >= 11 is 0. The molecule has 0 aliphatic carbocycles. The van der Waals surface area contributed by atoms with Crippen molar-refractivity contribution in [3.05, 3.63) is 71.8 Å². The van der Waals surface area contributed by atoms with E-state index in [0.717, 1.165) is 11.1 Å². The highest BCUT2D eigenvalue weighted by molar-refractivity contribution is 6.74. The van der Waals surface area contributed by atoms with Crippen molar-refractivity contribution in [3.63, 3.8) is 0 Å². The summed E-state index contributed by atoms with van der Waals surface area (Å²) < 4.78 is 63.3. The van der Waals surface area contributed by atoms with Crippen LogP contribution in [0.25, 0.3) is 0 Å². The Labute approximate surface area is 302 Å². The summed E-state index contributed by atoms with van der Waals surface area (Å²) in [5.41, 5.74) is 1.76. The largest absolute Gasteiger partial charge is 0.408 e. The number of hydrogen-bond acceptors (Lipinski definition) is 12. The molecule has 2 N–H and O–H groups in total. The van der Waals surface area contributed by atoms with E-state index in [2.05, 4.69) is 33.9 Å². The van der Waals surface area contributed by atoms with Crippen LogP contribution in [-0.4, -0.2) is 105 Å². The van der Waals surface area contributed by atoms with Crippen molar-refractivity contribution in [3.8, 4) is 0 Å². The lowest BCUT2D eigenvalue weighted by atomic mass is 9.97. The lowest BCUT2D eigenvalue weighted by Gasteiger charge is -2.48. The quantitative estimate of drug-likeness (QED) is 0.233. The van der Waals surface area contributed by atoms with Gasteiger partial charge in [-0.05, 0) is 51.4 Å². The van der Waals surface area contributed by atoms with Crippen LogP contribution < -0.4 is 0 Å². The Kier molecular flexibility index (Phi) is 11.5. The molecule has 4 aliphatic heterocycles. The smallest absolute Gasteiger partial charge is 0.192 e. The monoisotopic (exact) mass is 732 g/mol. The SMILES string of the molecule is CC1(C)OC[C@H]([C@@H](O[Si](C)(C)C(C)(C)C)[C@@H]2OC(C)(C)O[C@H]2C(O)O[C@@H]2O[C@@H]3COC(c4ccccc4)O[C@H]3[C@H](OCc3ccccc3)[C@@H]2O)O1. The van der Waals surface area contributed by atoms with Gasteiger partial charge in [-0.25, -0.2) is 0 Å². The average Bonchev–Trinajstić information content (AvgIpc) is 3.61. The molecule has 0 saturated carbocycles. The number of aliphatic hydroxyl groups is 2. The van der Waals surface area contributed by atoms with Crippen LogP contribution in [0.4, 0.5) is 0 Å². The Hall–Kier alpha value is -1.82. The molecular formula is C38H56O12Si. The maximum atomic E-state index is 11.8. The van der Waals surface area contributed by atoms with Gasteiger partial charge in [0.2, 0.25) is 0 Å². The minimum absolute atomic E-state index is 0.130. The topological polar surface area (TPSA) is 133 Å². The summed E-state index contributed by atoms with van der Waals surface area (Å²) in [7, 11) is -2.41. The fourth-order valence-corrected chi connectivity index (χ4v) is 7.99. The van der Waals surface area contributed by atoms with Gasteiger partial charge in [0, 0.05) is 5.56 Å². The second-order valence-corrected chi connectivity index (χ2v) is 21.0. The predicted octanol–water partition coefficient (Wildman–Crippen LogP) is 5.17. The molecule has 2 unspecified atom stereocenters. The lowest BCUT2D eigenvalue weighted by Crippen LogP contribution is -2.64. The van der Waals surface area contributed by atoms with Crippen molar-refractivity contribution in [2.75, 3.05) is 13.2 Å². The van der Waals surface area contributed by atoms with E-state index >= 15 is 0 Å². The van der Waals surface area contributed by atoms with E-state index in [9.17, 15) is 10.2 Å². The van der Waals surface area contributed by atoms with Crippen LogP contribution in [0, 0.1) is 0 Å². The molecule has 6 rings (SSSR count). The fraction of sp³-hybridized carbons (Fsp3) is 0.684. The molecule has 51 heavy (non-hydrogen) atoms. The van der Waals surface area contributed by atoms with Crippen LogP contribution in [-0.2, 0) is 53.7 Å². The van der Waals surface area contributed by atoms with Crippen LogP contribution in [0.3, 0.4) is 0 Å². The van der Waals surface area contributed by atoms with Gasteiger partial charge in [0.25, 0.3) is 0 Å². The van der Waals surface area contributed by atoms with E-state index in [-0.39, 0.29) is 24.9 Å². The maximum absolute atomic E-state index is 11.8. The highest BCUT2D eigenvalue weighted by atomic mass is 28.4. The molecule has 4 heterocycles. The van der Waals surface area contributed by atoms with Gasteiger partial charge in [0.05, 0.1) is 19.8 Å². The van der Waals surface area contributed by atoms with Crippen LogP contribution >= 0.6 is 0 Å². The highest BCUT2D eigenvalue weighted by Crippen LogP contribution is 2.43. The van der Waals surface area contributed by atoms with Gasteiger partial charge in [0.1, 0.15) is 48.8 Å². The summed E-state index contributed by atoms with van der Waals surface area (Å²) in [5, 5.41) is 23.5. The zero-order chi connectivity index (χ0) is 36.8. The first kappa shape index (κ1) is 38.9. The van der Waals surface area contributed by atoms with E-state index in [1.807, 2.05) is 74.5 Å². The zero-order valence-electron chi connectivity index (χ0n) is 31.2. The summed E-state index contributed by atoms with van der Waals surface area (Å²) in [6, 6.07) is 19.2. The van der Waals surface area contributed by atoms with Crippen molar-refractivity contribution >= 4 is 8.32 Å². The van der Waals surface area contributed by atoms with Crippen molar-refractivity contribution in [2.45, 2.75) is 152 Å². The molecule has 4 aliphatic rings. The van der Waals surface area contributed by atoms with Crippen molar-refractivity contribution < 1.29 is 57.3 Å². The third-order valence-corrected chi connectivity index (χ3v) is 14.8. The van der Waals surface area contributed by atoms with Gasteiger partial charge >= 0.3 is 0 Å². The van der Waals surface area contributed by atoms with Gasteiger partial charge in [-0.3, -0.25) is 0 Å². The molecule has 12 nitrogen and oxygen atoms in total. The van der Waals surface area contributed by atoms with Gasteiger partial charge in [-0.15, -0.1) is 0 Å². The average molecular weight is 733 g/mol. The molecule has 0 bridgehead atoms. The molecule has 2 aromatic carbocycles. The van der Waals surface area contributed by atoms with Gasteiger partial charge < -0.3 is 57.3 Å². The van der Waals surface area contributed by atoms with Crippen molar-refractivity contribution in [2.24, 2.45) is 0 Å². The molecular weight excluding hydrogens is 676 g/mol. The Morgan fingerprint density at radius 3 is 2.14 bits per heavy atom. The van der Waals surface area contributed by atoms with E-state index in [0.29, 0.717) is 0 Å². The first-order valence-corrected chi connectivity index (χ1v) is 20.8. The van der Waals surface area contributed by atoms with E-state index in [1.54, 1.807) is 13.8 Å². The standard InChI is InChI=1S/C38H56O12Si/c1-36(2,3)51(8,9)50-29(26-22-43-37(4,5)47-26)31-32(49-38(6,7)48-31)33(40)46-35-27(39)30(41-20-23-16-12-10-13-17-23)28-25(44-35)21-42-34(45-28)24-18-14-11-15-19-24/h10-19,25-35,39-40H,20-22H2,1-9H3/t25-,26-,27+,28-,29-,30-,31+,32-,33?,34?,35+/m1/s1. The number of fused-ring (bicyclic) bond motifs is 1. The molecule has 2 aromatic rings. The molecule has 0 radical (unpaired) electrons. The molecule has 13 heteroatoms. The normalized spacial score (nSPS) is 34.9. The van der Waals surface area contributed by atoms with Gasteiger partial charge in [-0.1, -0.05) is 81.4 Å². The van der Waals surface area contributed by atoms with Crippen molar-refractivity contribution in [1.29, 1.82) is 0 Å². The van der Waals surface area contributed by atoms with Gasteiger partial charge in [0.15, 0.2) is 38.8 Å². The highest BCUT2D eigenvalue weighted by Gasteiger charge is 2.57. The Morgan fingerprint density at radius 2 is 1.51 bits per heavy atom. The summed E-state index contributed by atoms with van der Waals surface area (Å²) in [6.45, 7) is 18.7. The fourth-order valence-electron chi connectivity index (χ4n) is 6.67. The Balaban J connectivity index is 1.23. The number of ether oxygens (including phenoxy) is 9. The van der Waals surface area contributed by atoms with Crippen LogP contribution in [0.1, 0.15) is 65.9 Å². The summed E-state index contributed by atoms with van der Waals surface area (Å²) in [4.78, 5) is 0. The second kappa shape index (κ2) is 15.1. The van der Waals surface area contributed by atoms with E-state index in [1.165, 1.54) is 0 Å². The second-order valence-electron chi connectivity index (χ2n) is 16.3. The third-order valence-electron chi connectivity index (χ3n) is 10.3. The zero-order valence-corrected chi connectivity index (χ0v) is 32.2. The van der Waals surface area contributed by atoms with Crippen LogP contribution in [0.2, 0.25) is 18.1 Å². The molecule has 0 spiro atoms. The predicted molar refractivity (Wildman–Crippen MR) is 188 cm³/mol. The first-order chi connectivity index (χ1) is 23.9. The molecule has 11 atom stereocenters. The van der Waals surface area contributed by atoms with E-state index in [4.69, 9.17) is 47.1 Å². The first-order valence-electron chi connectivity index (χ1n) is 17.9. The summed E-state index contributed by atoms with van der Waals surface area (Å²) in [5.74, 6) is -1.92. The molecule has 4 fully saturated rings. The number of rotatable bonds is 11. The summed E-state index contributed by atoms with van der Waals surface area (Å²) in [6.07, 6.45) is -10.2. The molecule has 0 amide bonds. The molecule has 0 aromatic heterocycles. The van der Waals surface area contributed by atoms with Crippen LogP contribution in [0.5, 0.6) is 0 Å².